The Hall–Kier alpha value is -4.00. The summed E-state index contributed by atoms with van der Waals surface area (Å²) in [7, 11) is 0. The number of carbonyl (C=O) groups excluding carboxylic acids is 1. The number of likely N-dealkylation sites (tertiary alicyclic amines) is 1. The van der Waals surface area contributed by atoms with Crippen LogP contribution in [0.25, 0.3) is 27.9 Å². The molecule has 0 saturated carbocycles. The van der Waals surface area contributed by atoms with Crippen molar-refractivity contribution >= 4 is 22.6 Å². The Labute approximate surface area is 215 Å². The molecule has 6 nitrogen and oxygen atoms in total. The molecule has 2 aromatic carbocycles. The number of nitrogens with zero attached hydrogens (tertiary/aromatic N) is 4. The van der Waals surface area contributed by atoms with E-state index in [9.17, 15) is 9.18 Å². The highest BCUT2D eigenvalue weighted by Crippen LogP contribution is 2.31. The van der Waals surface area contributed by atoms with E-state index in [0.29, 0.717) is 19.5 Å². The van der Waals surface area contributed by atoms with Gasteiger partial charge in [-0.3, -0.25) is 4.79 Å². The van der Waals surface area contributed by atoms with Gasteiger partial charge in [-0.2, -0.15) is 0 Å². The fourth-order valence-corrected chi connectivity index (χ4v) is 5.39. The standard InChI is InChI=1S/C30H30FN5O/c1-18-6-7-22(15-20(18)3)28-26(36-12-4-5-19(2)30(36)34-28)17-27(37)35-13-10-21(11-14-35)29-32-24-9-8-23(31)16-25(24)33-29/h4-9,12,15-16,21H,10-11,13-14,17H2,1-3H3,(H,32,33). The average molecular weight is 496 g/mol. The predicted octanol–water partition coefficient (Wildman–Crippen LogP) is 5.89. The number of amides is 1. The molecule has 6 rings (SSSR count). The number of aryl methyl sites for hydroxylation is 3. The van der Waals surface area contributed by atoms with Gasteiger partial charge in [0.2, 0.25) is 5.91 Å². The fraction of sp³-hybridized carbons (Fsp3) is 0.300. The smallest absolute Gasteiger partial charge is 0.228 e. The summed E-state index contributed by atoms with van der Waals surface area (Å²) < 4.78 is 15.6. The van der Waals surface area contributed by atoms with Crippen LogP contribution < -0.4 is 0 Å². The summed E-state index contributed by atoms with van der Waals surface area (Å²) >= 11 is 0. The minimum absolute atomic E-state index is 0.110. The Balaban J connectivity index is 1.24. The maximum atomic E-state index is 13.6. The van der Waals surface area contributed by atoms with Crippen molar-refractivity contribution in [2.24, 2.45) is 0 Å². The molecule has 37 heavy (non-hydrogen) atoms. The number of imidazole rings is 2. The van der Waals surface area contributed by atoms with Crippen molar-refractivity contribution in [1.29, 1.82) is 0 Å². The molecule has 1 aliphatic heterocycles. The van der Waals surface area contributed by atoms with E-state index in [1.165, 1.54) is 23.3 Å². The summed E-state index contributed by atoms with van der Waals surface area (Å²) in [6.07, 6.45) is 3.94. The fourth-order valence-electron chi connectivity index (χ4n) is 5.39. The Morgan fingerprint density at radius 2 is 1.81 bits per heavy atom. The minimum Gasteiger partial charge on any atom is -0.342 e. The molecule has 0 bridgehead atoms. The number of fused-ring (bicyclic) bond motifs is 2. The van der Waals surface area contributed by atoms with Crippen molar-refractivity contribution in [2.75, 3.05) is 13.1 Å². The maximum Gasteiger partial charge on any atom is 0.228 e. The van der Waals surface area contributed by atoms with E-state index in [0.717, 1.165) is 57.9 Å². The first-order valence-electron chi connectivity index (χ1n) is 12.8. The van der Waals surface area contributed by atoms with Crippen LogP contribution in [-0.2, 0) is 11.2 Å². The predicted molar refractivity (Wildman–Crippen MR) is 143 cm³/mol. The van der Waals surface area contributed by atoms with E-state index >= 15 is 0 Å². The van der Waals surface area contributed by atoms with E-state index in [1.807, 2.05) is 17.2 Å². The molecule has 0 atom stereocenters. The lowest BCUT2D eigenvalue weighted by molar-refractivity contribution is -0.131. The SMILES string of the molecule is Cc1ccc(-c2nc3c(C)cccn3c2CC(=O)N2CCC(c3nc4ccc(F)cc4[nH]3)CC2)cc1C. The minimum atomic E-state index is -0.272. The van der Waals surface area contributed by atoms with Gasteiger partial charge < -0.3 is 14.3 Å². The number of H-pyrrole nitrogens is 1. The number of piperidine rings is 1. The number of hydrogen-bond acceptors (Lipinski definition) is 3. The van der Waals surface area contributed by atoms with Crippen molar-refractivity contribution in [3.8, 4) is 11.3 Å². The third-order valence-electron chi connectivity index (χ3n) is 7.74. The molecule has 1 N–H and O–H groups in total. The van der Waals surface area contributed by atoms with Crippen molar-refractivity contribution in [3.05, 3.63) is 88.8 Å². The van der Waals surface area contributed by atoms with E-state index in [1.54, 1.807) is 6.07 Å². The molecule has 0 radical (unpaired) electrons. The molecule has 1 amide bonds. The zero-order valence-corrected chi connectivity index (χ0v) is 21.4. The number of nitrogens with one attached hydrogen (secondary N) is 1. The Morgan fingerprint density at radius 1 is 1.00 bits per heavy atom. The third kappa shape index (κ3) is 4.28. The van der Waals surface area contributed by atoms with Crippen LogP contribution in [0.4, 0.5) is 4.39 Å². The van der Waals surface area contributed by atoms with Gasteiger partial charge in [-0.15, -0.1) is 0 Å². The van der Waals surface area contributed by atoms with Gasteiger partial charge in [0.15, 0.2) is 0 Å². The third-order valence-corrected chi connectivity index (χ3v) is 7.74. The first-order valence-corrected chi connectivity index (χ1v) is 12.8. The lowest BCUT2D eigenvalue weighted by Gasteiger charge is -2.31. The molecule has 1 fully saturated rings. The van der Waals surface area contributed by atoms with Gasteiger partial charge in [0.05, 0.1) is 28.8 Å². The molecule has 188 valence electrons. The van der Waals surface area contributed by atoms with Gasteiger partial charge in [0, 0.05) is 30.8 Å². The number of carbonyl (C=O) groups is 1. The van der Waals surface area contributed by atoms with Crippen LogP contribution in [0.2, 0.25) is 0 Å². The highest BCUT2D eigenvalue weighted by Gasteiger charge is 2.27. The summed E-state index contributed by atoms with van der Waals surface area (Å²) in [4.78, 5) is 28.4. The quantitative estimate of drug-likeness (QED) is 0.338. The van der Waals surface area contributed by atoms with E-state index in [4.69, 9.17) is 4.98 Å². The second kappa shape index (κ2) is 9.14. The lowest BCUT2D eigenvalue weighted by atomic mass is 9.95. The maximum absolute atomic E-state index is 13.6. The number of pyridine rings is 1. The summed E-state index contributed by atoms with van der Waals surface area (Å²) in [5.74, 6) is 0.940. The summed E-state index contributed by atoms with van der Waals surface area (Å²) in [5.41, 5.74) is 8.73. The van der Waals surface area contributed by atoms with Crippen LogP contribution in [0.15, 0.2) is 54.7 Å². The first kappa shape index (κ1) is 23.4. The van der Waals surface area contributed by atoms with Crippen molar-refractivity contribution in [1.82, 2.24) is 24.3 Å². The van der Waals surface area contributed by atoms with Gasteiger partial charge in [0.25, 0.3) is 0 Å². The molecule has 7 heteroatoms. The summed E-state index contributed by atoms with van der Waals surface area (Å²) in [5, 5.41) is 0. The van der Waals surface area contributed by atoms with Crippen molar-refractivity contribution in [3.63, 3.8) is 0 Å². The topological polar surface area (TPSA) is 66.3 Å². The molecule has 1 saturated heterocycles. The molecule has 0 aliphatic carbocycles. The van der Waals surface area contributed by atoms with Crippen LogP contribution in [0.5, 0.6) is 0 Å². The van der Waals surface area contributed by atoms with Gasteiger partial charge in [-0.1, -0.05) is 18.2 Å². The van der Waals surface area contributed by atoms with E-state index in [2.05, 4.69) is 59.4 Å². The zero-order chi connectivity index (χ0) is 25.7. The second-order valence-electron chi connectivity index (χ2n) is 10.2. The van der Waals surface area contributed by atoms with E-state index in [-0.39, 0.29) is 17.6 Å². The van der Waals surface area contributed by atoms with E-state index < -0.39 is 0 Å². The number of rotatable bonds is 4. The van der Waals surface area contributed by atoms with Crippen molar-refractivity contribution < 1.29 is 9.18 Å². The number of benzene rings is 2. The zero-order valence-electron chi connectivity index (χ0n) is 21.4. The molecule has 0 unspecified atom stereocenters. The number of halogens is 1. The molecule has 5 aromatic rings. The summed E-state index contributed by atoms with van der Waals surface area (Å²) in [6, 6.07) is 15.0. The van der Waals surface area contributed by atoms with Crippen LogP contribution in [0.1, 0.15) is 47.0 Å². The summed E-state index contributed by atoms with van der Waals surface area (Å²) in [6.45, 7) is 7.60. The van der Waals surface area contributed by atoms with Gasteiger partial charge in [-0.25, -0.2) is 14.4 Å². The molecule has 3 aromatic heterocycles. The number of aromatic nitrogens is 4. The largest absolute Gasteiger partial charge is 0.342 e. The van der Waals surface area contributed by atoms with Crippen LogP contribution in [0.3, 0.4) is 0 Å². The van der Waals surface area contributed by atoms with Crippen LogP contribution in [0, 0.1) is 26.6 Å². The lowest BCUT2D eigenvalue weighted by Crippen LogP contribution is -2.39. The van der Waals surface area contributed by atoms with Crippen LogP contribution in [-0.4, -0.2) is 43.2 Å². The number of hydrogen-bond donors (Lipinski definition) is 1. The Kier molecular flexibility index (Phi) is 5.78. The molecule has 4 heterocycles. The van der Waals surface area contributed by atoms with Gasteiger partial charge >= 0.3 is 0 Å². The van der Waals surface area contributed by atoms with Crippen molar-refractivity contribution in [2.45, 2.75) is 46.0 Å². The molecule has 1 aliphatic rings. The second-order valence-corrected chi connectivity index (χ2v) is 10.2. The molecule has 0 spiro atoms. The molecular formula is C30H30FN5O. The highest BCUT2D eigenvalue weighted by molar-refractivity contribution is 5.82. The monoisotopic (exact) mass is 495 g/mol. The first-order chi connectivity index (χ1) is 17.9. The normalized spacial score (nSPS) is 14.6. The van der Waals surface area contributed by atoms with Gasteiger partial charge in [0.1, 0.15) is 17.3 Å². The van der Waals surface area contributed by atoms with Gasteiger partial charge in [-0.05, 0) is 80.6 Å². The highest BCUT2D eigenvalue weighted by atomic mass is 19.1. The molecular weight excluding hydrogens is 465 g/mol. The Bertz CT molecular complexity index is 1640. The average Bonchev–Trinajstić information content (AvgIpc) is 3.48. The Morgan fingerprint density at radius 3 is 2.59 bits per heavy atom. The van der Waals surface area contributed by atoms with Crippen LogP contribution >= 0.6 is 0 Å². The number of aromatic amines is 1.